The Labute approximate surface area is 137 Å². The number of nitrogens with one attached hydrogen (secondary N) is 1. The standard InChI is InChI=1S/C11H15.C4H4N.2ClH.Ti/c1-6-5-10-8(3)7(2)9(4)11(6)10;1-2-4-5-3-1;;;/h6H,5H2,1-4H3;1-3,5H;2*1H;/q;;;;+2/p-2. The number of H-pyrrole nitrogens is 1. The molecular weight excluding hydrogens is 313 g/mol. The molecule has 4 heteroatoms. The number of rotatable bonds is 2. The average molecular weight is 332 g/mol. The van der Waals surface area contributed by atoms with Crippen molar-refractivity contribution < 1.29 is 44.0 Å². The minimum atomic E-state index is -0.137. The molecular formula is C15H19Cl2NTi. The molecule has 1 N–H and O–H groups in total. The normalized spacial score (nSPS) is 28.1. The fourth-order valence-corrected chi connectivity index (χ4v) is 6.55. The topological polar surface area (TPSA) is 15.8 Å². The first-order chi connectivity index (χ1) is 8.07. The molecule has 2 unspecified atom stereocenters. The summed E-state index contributed by atoms with van der Waals surface area (Å²) in [5.74, 6) is 0.841. The maximum atomic E-state index is 3.42. The van der Waals surface area contributed by atoms with Gasteiger partial charge < -0.3 is 24.8 Å². The van der Waals surface area contributed by atoms with Gasteiger partial charge in [-0.25, -0.2) is 0 Å². The number of aromatic nitrogens is 1. The van der Waals surface area contributed by atoms with Crippen molar-refractivity contribution in [2.45, 2.75) is 37.8 Å². The van der Waals surface area contributed by atoms with Gasteiger partial charge in [0.25, 0.3) is 0 Å². The zero-order valence-electron chi connectivity index (χ0n) is 11.8. The van der Waals surface area contributed by atoms with E-state index >= 15 is 0 Å². The van der Waals surface area contributed by atoms with E-state index in [-0.39, 0.29) is 44.0 Å². The third-order valence-electron chi connectivity index (χ3n) is 4.82. The van der Waals surface area contributed by atoms with Gasteiger partial charge in [-0.2, -0.15) is 0 Å². The van der Waals surface area contributed by atoms with Crippen LogP contribution < -0.4 is 28.8 Å². The average Bonchev–Trinajstić information content (AvgIpc) is 2.86. The van der Waals surface area contributed by atoms with E-state index < -0.39 is 0 Å². The zero-order valence-corrected chi connectivity index (χ0v) is 14.8. The van der Waals surface area contributed by atoms with E-state index in [9.17, 15) is 0 Å². The summed E-state index contributed by atoms with van der Waals surface area (Å²) < 4.78 is 1.97. The van der Waals surface area contributed by atoms with Crippen LogP contribution in [-0.2, 0) is 19.2 Å². The molecule has 102 valence electrons. The maximum absolute atomic E-state index is 3.42. The zero-order chi connectivity index (χ0) is 12.2. The molecule has 0 saturated heterocycles. The second-order valence-corrected chi connectivity index (χ2v) is 7.94. The van der Waals surface area contributed by atoms with Gasteiger partial charge in [0, 0.05) is 0 Å². The van der Waals surface area contributed by atoms with E-state index in [1.807, 2.05) is 0 Å². The fourth-order valence-electron chi connectivity index (χ4n) is 3.55. The van der Waals surface area contributed by atoms with Crippen LogP contribution >= 0.6 is 0 Å². The number of hydrogen-bond acceptors (Lipinski definition) is 0. The second kappa shape index (κ2) is 5.81. The van der Waals surface area contributed by atoms with E-state index in [1.54, 1.807) is 22.3 Å². The van der Waals surface area contributed by atoms with Gasteiger partial charge in [-0.3, -0.25) is 0 Å². The summed E-state index contributed by atoms with van der Waals surface area (Å²) in [5.41, 5.74) is 6.59. The van der Waals surface area contributed by atoms with Crippen molar-refractivity contribution in [1.82, 2.24) is 4.98 Å². The van der Waals surface area contributed by atoms with Crippen molar-refractivity contribution in [3.05, 3.63) is 40.6 Å². The van der Waals surface area contributed by atoms with Crippen LogP contribution in [0.1, 0.15) is 34.1 Å². The summed E-state index contributed by atoms with van der Waals surface area (Å²) in [6, 6.07) is 4.41. The van der Waals surface area contributed by atoms with E-state index in [4.69, 9.17) is 0 Å². The molecule has 3 rings (SSSR count). The third kappa shape index (κ3) is 2.19. The Morgan fingerprint density at radius 3 is 2.37 bits per heavy atom. The van der Waals surface area contributed by atoms with Crippen molar-refractivity contribution in [3.8, 4) is 0 Å². The summed E-state index contributed by atoms with van der Waals surface area (Å²) >= 11 is -0.137. The van der Waals surface area contributed by atoms with Gasteiger partial charge in [-0.05, 0) is 0 Å². The fraction of sp³-hybridized carbons (Fsp3) is 0.467. The van der Waals surface area contributed by atoms with E-state index in [1.165, 1.54) is 10.4 Å². The first kappa shape index (κ1) is 17.1. The largest absolute Gasteiger partial charge is 1.00 e. The monoisotopic (exact) mass is 331 g/mol. The quantitative estimate of drug-likeness (QED) is 0.581. The third-order valence-corrected chi connectivity index (χ3v) is 8.17. The van der Waals surface area contributed by atoms with Crippen LogP contribution in [0.4, 0.5) is 0 Å². The molecule has 0 aliphatic heterocycles. The molecule has 1 saturated carbocycles. The first-order valence-corrected chi connectivity index (χ1v) is 7.93. The number of aromatic amines is 1. The van der Waals surface area contributed by atoms with Crippen LogP contribution in [0.2, 0.25) is 3.72 Å². The smallest absolute Gasteiger partial charge is 1.00 e. The molecule has 0 radical (unpaired) electrons. The van der Waals surface area contributed by atoms with Gasteiger partial charge in [-0.15, -0.1) is 0 Å². The van der Waals surface area contributed by atoms with Crippen LogP contribution in [0.15, 0.2) is 40.6 Å². The van der Waals surface area contributed by atoms with Crippen LogP contribution in [0, 0.1) is 5.92 Å². The van der Waals surface area contributed by atoms with Crippen molar-refractivity contribution in [1.29, 1.82) is 0 Å². The maximum Gasteiger partial charge on any atom is -1.00 e. The van der Waals surface area contributed by atoms with Gasteiger partial charge in [0.05, 0.1) is 0 Å². The Morgan fingerprint density at radius 2 is 1.89 bits per heavy atom. The predicted molar refractivity (Wildman–Crippen MR) is 68.0 cm³/mol. The molecule has 1 heterocycles. The van der Waals surface area contributed by atoms with Crippen LogP contribution in [0.25, 0.3) is 0 Å². The summed E-state index contributed by atoms with van der Waals surface area (Å²) in [4.78, 5) is 3.42. The molecule has 1 aromatic rings. The Kier molecular flexibility index (Phi) is 5.23. The summed E-state index contributed by atoms with van der Waals surface area (Å²) in [7, 11) is 0. The number of halogens is 2. The molecule has 19 heavy (non-hydrogen) atoms. The van der Waals surface area contributed by atoms with E-state index in [2.05, 4.69) is 51.0 Å². The minimum Gasteiger partial charge on any atom is -1.00 e. The molecule has 0 amide bonds. The van der Waals surface area contributed by atoms with Crippen molar-refractivity contribution in [3.63, 3.8) is 0 Å². The molecule has 1 fully saturated rings. The minimum absolute atomic E-state index is 0. The Bertz CT molecular complexity index is 510. The molecule has 0 aromatic carbocycles. The molecule has 2 aliphatic carbocycles. The predicted octanol–water partition coefficient (Wildman–Crippen LogP) is -2.40. The van der Waals surface area contributed by atoms with Gasteiger partial charge in [0.1, 0.15) is 0 Å². The summed E-state index contributed by atoms with van der Waals surface area (Å²) in [6.07, 6.45) is 3.39. The Balaban J connectivity index is 0.000000902. The Hall–Kier alpha value is 0.0543. The van der Waals surface area contributed by atoms with E-state index in [0.717, 1.165) is 5.92 Å². The number of fused-ring (bicyclic) bond motifs is 1. The molecule has 2 aliphatic rings. The van der Waals surface area contributed by atoms with Gasteiger partial charge in [0.2, 0.25) is 0 Å². The van der Waals surface area contributed by atoms with Crippen molar-refractivity contribution in [2.24, 2.45) is 5.92 Å². The SMILES string of the molecule is CC1=C(C)[C]2([Ti+2][c]3ccc[nH]3)C(=C1C)CC2C.[Cl-].[Cl-]. The Morgan fingerprint density at radius 1 is 1.21 bits per heavy atom. The van der Waals surface area contributed by atoms with Gasteiger partial charge >= 0.3 is 113 Å². The summed E-state index contributed by atoms with van der Waals surface area (Å²) in [5, 5.41) is 0. The summed E-state index contributed by atoms with van der Waals surface area (Å²) in [6.45, 7) is 9.44. The molecule has 0 bridgehead atoms. The van der Waals surface area contributed by atoms with Crippen LogP contribution in [-0.4, -0.2) is 4.98 Å². The molecule has 1 nitrogen and oxygen atoms in total. The van der Waals surface area contributed by atoms with Gasteiger partial charge in [0.15, 0.2) is 0 Å². The van der Waals surface area contributed by atoms with Crippen LogP contribution in [0.3, 0.4) is 0 Å². The number of allylic oxidation sites excluding steroid dienone is 4. The number of hydrogen-bond donors (Lipinski definition) is 1. The van der Waals surface area contributed by atoms with Gasteiger partial charge in [-0.1, -0.05) is 0 Å². The van der Waals surface area contributed by atoms with Crippen molar-refractivity contribution in [2.75, 3.05) is 0 Å². The molecule has 1 aromatic heterocycles. The van der Waals surface area contributed by atoms with Crippen LogP contribution in [0.5, 0.6) is 0 Å². The van der Waals surface area contributed by atoms with E-state index in [0.29, 0.717) is 3.72 Å². The molecule has 0 spiro atoms. The molecule has 2 atom stereocenters. The van der Waals surface area contributed by atoms with Crippen molar-refractivity contribution >= 4 is 4.00 Å². The second-order valence-electron chi connectivity index (χ2n) is 5.48. The first-order valence-electron chi connectivity index (χ1n) is 6.37.